The highest BCUT2D eigenvalue weighted by Crippen LogP contribution is 2.30. The SMILES string of the molecule is O=[C]CCN(C1CCCCC1)C1CCCCC1. The van der Waals surface area contributed by atoms with E-state index < -0.39 is 0 Å². The maximum atomic E-state index is 10.5. The zero-order valence-electron chi connectivity index (χ0n) is 11.0. The Labute approximate surface area is 106 Å². The van der Waals surface area contributed by atoms with Gasteiger partial charge in [0.05, 0.1) is 0 Å². The van der Waals surface area contributed by atoms with Crippen molar-refractivity contribution in [3.8, 4) is 0 Å². The lowest BCUT2D eigenvalue weighted by molar-refractivity contribution is 0.0837. The first-order valence-electron chi connectivity index (χ1n) is 7.52. The van der Waals surface area contributed by atoms with Crippen LogP contribution in [0.4, 0.5) is 0 Å². The number of nitrogens with zero attached hydrogens (tertiary/aromatic N) is 1. The van der Waals surface area contributed by atoms with Crippen LogP contribution in [-0.4, -0.2) is 29.8 Å². The molecule has 0 aromatic heterocycles. The van der Waals surface area contributed by atoms with Gasteiger partial charge in [-0.15, -0.1) is 0 Å². The maximum Gasteiger partial charge on any atom is 0.199 e. The summed E-state index contributed by atoms with van der Waals surface area (Å²) < 4.78 is 0. The number of hydrogen-bond donors (Lipinski definition) is 0. The highest BCUT2D eigenvalue weighted by atomic mass is 16.1. The predicted octanol–water partition coefficient (Wildman–Crippen LogP) is 3.45. The molecule has 0 aromatic carbocycles. The first-order valence-corrected chi connectivity index (χ1v) is 7.52. The smallest absolute Gasteiger partial charge is 0.199 e. The van der Waals surface area contributed by atoms with Crippen LogP contribution < -0.4 is 0 Å². The molecule has 2 saturated carbocycles. The quantitative estimate of drug-likeness (QED) is 0.728. The number of rotatable bonds is 5. The minimum absolute atomic E-state index is 0.604. The van der Waals surface area contributed by atoms with Crippen molar-refractivity contribution in [2.75, 3.05) is 6.54 Å². The fraction of sp³-hybridized carbons (Fsp3) is 0.933. The van der Waals surface area contributed by atoms with Gasteiger partial charge in [0.15, 0.2) is 6.29 Å². The minimum atomic E-state index is 0.604. The minimum Gasteiger partial charge on any atom is -0.297 e. The Balaban J connectivity index is 1.92. The summed E-state index contributed by atoms with van der Waals surface area (Å²) in [5.41, 5.74) is 0. The van der Waals surface area contributed by atoms with Gasteiger partial charge in [0.2, 0.25) is 0 Å². The van der Waals surface area contributed by atoms with Gasteiger partial charge in [0.25, 0.3) is 0 Å². The lowest BCUT2D eigenvalue weighted by Gasteiger charge is -2.41. The Bertz CT molecular complexity index is 199. The molecule has 1 radical (unpaired) electrons. The van der Waals surface area contributed by atoms with Gasteiger partial charge in [-0.25, -0.2) is 0 Å². The molecule has 2 fully saturated rings. The Hall–Kier alpha value is -0.370. The summed E-state index contributed by atoms with van der Waals surface area (Å²) in [6.45, 7) is 0.957. The second-order valence-electron chi connectivity index (χ2n) is 5.72. The van der Waals surface area contributed by atoms with E-state index in [1.165, 1.54) is 64.2 Å². The third-order valence-corrected chi connectivity index (χ3v) is 4.56. The topological polar surface area (TPSA) is 20.3 Å². The summed E-state index contributed by atoms with van der Waals surface area (Å²) in [7, 11) is 0. The van der Waals surface area contributed by atoms with Gasteiger partial charge in [-0.2, -0.15) is 0 Å². The van der Waals surface area contributed by atoms with Crippen molar-refractivity contribution in [2.45, 2.75) is 82.7 Å². The van der Waals surface area contributed by atoms with Crippen LogP contribution in [0.5, 0.6) is 0 Å². The van der Waals surface area contributed by atoms with Crippen molar-refractivity contribution < 1.29 is 4.79 Å². The molecule has 0 unspecified atom stereocenters. The van der Waals surface area contributed by atoms with Crippen LogP contribution in [0.3, 0.4) is 0 Å². The third-order valence-electron chi connectivity index (χ3n) is 4.56. The highest BCUT2D eigenvalue weighted by molar-refractivity contribution is 5.50. The monoisotopic (exact) mass is 236 g/mol. The molecule has 0 spiro atoms. The lowest BCUT2D eigenvalue weighted by Crippen LogP contribution is -2.45. The summed E-state index contributed by atoms with van der Waals surface area (Å²) in [5, 5.41) is 0. The van der Waals surface area contributed by atoms with Gasteiger partial charge >= 0.3 is 0 Å². The van der Waals surface area contributed by atoms with Crippen LogP contribution in [-0.2, 0) is 4.79 Å². The normalized spacial score (nSPS) is 24.1. The summed E-state index contributed by atoms with van der Waals surface area (Å²) in [6, 6.07) is 1.53. The lowest BCUT2D eigenvalue weighted by atomic mass is 9.88. The van der Waals surface area contributed by atoms with E-state index in [9.17, 15) is 4.79 Å². The standard InChI is InChI=1S/C15H26NO/c17-13-7-12-16(14-8-3-1-4-9-14)15-10-5-2-6-11-15/h14-15H,1-12H2. The molecule has 0 saturated heterocycles. The molecule has 2 aliphatic rings. The Morgan fingerprint density at radius 3 is 1.71 bits per heavy atom. The molecule has 0 N–H and O–H groups in total. The van der Waals surface area contributed by atoms with Gasteiger partial charge in [-0.05, 0) is 25.7 Å². The zero-order chi connectivity index (χ0) is 11.9. The second-order valence-corrected chi connectivity index (χ2v) is 5.72. The molecule has 17 heavy (non-hydrogen) atoms. The third kappa shape index (κ3) is 3.80. The Kier molecular flexibility index (Phi) is 5.50. The van der Waals surface area contributed by atoms with Crippen molar-refractivity contribution in [1.82, 2.24) is 4.90 Å². The molecule has 2 heteroatoms. The van der Waals surface area contributed by atoms with Crippen LogP contribution >= 0.6 is 0 Å². The first kappa shape index (κ1) is 13.1. The van der Waals surface area contributed by atoms with Crippen molar-refractivity contribution in [2.24, 2.45) is 0 Å². The highest BCUT2D eigenvalue weighted by Gasteiger charge is 2.28. The van der Waals surface area contributed by atoms with E-state index in [4.69, 9.17) is 0 Å². The van der Waals surface area contributed by atoms with Crippen LogP contribution in [0.1, 0.15) is 70.6 Å². The van der Waals surface area contributed by atoms with Gasteiger partial charge in [-0.3, -0.25) is 9.69 Å². The molecule has 0 bridgehead atoms. The molecule has 97 valence electrons. The summed E-state index contributed by atoms with van der Waals surface area (Å²) in [4.78, 5) is 13.2. The van der Waals surface area contributed by atoms with E-state index in [2.05, 4.69) is 11.2 Å². The van der Waals surface area contributed by atoms with Crippen molar-refractivity contribution in [3.63, 3.8) is 0 Å². The van der Waals surface area contributed by atoms with Crippen LogP contribution in [0.15, 0.2) is 0 Å². The average Bonchev–Trinajstić information content (AvgIpc) is 2.42. The van der Waals surface area contributed by atoms with Crippen molar-refractivity contribution in [3.05, 3.63) is 0 Å². The molecule has 0 atom stereocenters. The summed E-state index contributed by atoms with van der Waals surface area (Å²) >= 11 is 0. The van der Waals surface area contributed by atoms with E-state index in [1.807, 2.05) is 0 Å². The fourth-order valence-corrected chi connectivity index (χ4v) is 3.66. The molecule has 2 aliphatic carbocycles. The molecule has 0 aromatic rings. The van der Waals surface area contributed by atoms with Gasteiger partial charge in [0, 0.05) is 25.0 Å². The number of carbonyl (C=O) groups excluding carboxylic acids is 1. The second kappa shape index (κ2) is 7.15. The maximum absolute atomic E-state index is 10.5. The molecular weight excluding hydrogens is 210 g/mol. The summed E-state index contributed by atoms with van der Waals surface area (Å²) in [5.74, 6) is 0. The van der Waals surface area contributed by atoms with Gasteiger partial charge in [0.1, 0.15) is 0 Å². The molecule has 0 amide bonds. The predicted molar refractivity (Wildman–Crippen MR) is 70.8 cm³/mol. The van der Waals surface area contributed by atoms with Crippen molar-refractivity contribution in [1.29, 1.82) is 0 Å². The van der Waals surface area contributed by atoms with E-state index in [0.717, 1.165) is 18.6 Å². The van der Waals surface area contributed by atoms with Crippen molar-refractivity contribution >= 4 is 6.29 Å². The molecule has 2 nitrogen and oxygen atoms in total. The largest absolute Gasteiger partial charge is 0.297 e. The van der Waals surface area contributed by atoms with Gasteiger partial charge in [-0.1, -0.05) is 38.5 Å². The summed E-state index contributed by atoms with van der Waals surface area (Å²) in [6.07, 6.45) is 16.5. The Morgan fingerprint density at radius 2 is 1.29 bits per heavy atom. The number of hydrogen-bond acceptors (Lipinski definition) is 2. The zero-order valence-corrected chi connectivity index (χ0v) is 11.0. The average molecular weight is 236 g/mol. The molecular formula is C15H26NO. The molecule has 0 heterocycles. The van der Waals surface area contributed by atoms with Crippen LogP contribution in [0.2, 0.25) is 0 Å². The Morgan fingerprint density at radius 1 is 0.824 bits per heavy atom. The first-order chi connectivity index (χ1) is 8.42. The van der Waals surface area contributed by atoms with E-state index in [0.29, 0.717) is 6.42 Å². The van der Waals surface area contributed by atoms with E-state index in [-0.39, 0.29) is 0 Å². The fourth-order valence-electron chi connectivity index (χ4n) is 3.66. The van der Waals surface area contributed by atoms with Crippen LogP contribution in [0.25, 0.3) is 0 Å². The van der Waals surface area contributed by atoms with E-state index >= 15 is 0 Å². The molecule has 2 rings (SSSR count). The van der Waals surface area contributed by atoms with Crippen LogP contribution in [0, 0.1) is 0 Å². The van der Waals surface area contributed by atoms with Gasteiger partial charge < -0.3 is 0 Å². The molecule has 0 aliphatic heterocycles. The van der Waals surface area contributed by atoms with E-state index in [1.54, 1.807) is 0 Å².